The second-order valence-corrected chi connectivity index (χ2v) is 9.80. The third-order valence-electron chi connectivity index (χ3n) is 5.33. The Morgan fingerprint density at radius 2 is 1.38 bits per heavy atom. The van der Waals surface area contributed by atoms with Gasteiger partial charge in [-0.15, -0.1) is 0 Å². The molecule has 0 radical (unpaired) electrons. The molecule has 172 valence electrons. The lowest BCUT2D eigenvalue weighted by molar-refractivity contribution is -0.873. The maximum absolute atomic E-state index is 12.1. The van der Waals surface area contributed by atoms with Crippen molar-refractivity contribution >= 4 is 11.9 Å². The van der Waals surface area contributed by atoms with Crippen molar-refractivity contribution in [1.29, 1.82) is 0 Å². The minimum Gasteiger partial charge on any atom is -0.481 e. The summed E-state index contributed by atoms with van der Waals surface area (Å²) in [5.41, 5.74) is 0. The molecule has 2 atom stereocenters. The van der Waals surface area contributed by atoms with Crippen LogP contribution in [-0.2, 0) is 14.3 Å². The van der Waals surface area contributed by atoms with Crippen molar-refractivity contribution in [3.05, 3.63) is 0 Å². The number of aliphatic carboxylic acids is 1. The normalized spacial score (nSPS) is 13.8. The van der Waals surface area contributed by atoms with E-state index in [0.29, 0.717) is 23.4 Å². The molecule has 0 bridgehead atoms. The second kappa shape index (κ2) is 16.7. The van der Waals surface area contributed by atoms with E-state index >= 15 is 0 Å². The standard InChI is InChI=1S/C24H47NO4/c1-6-7-8-9-10-11-12-13-14-16-21(2)17-15-18-24(28)29-22(19-23(26)27)20-25(3,4)5/h21-22H,6-20H2,1-5H3/p+1. The Bertz CT molecular complexity index is 431. The topological polar surface area (TPSA) is 63.6 Å². The van der Waals surface area contributed by atoms with Crippen molar-refractivity contribution in [2.45, 2.75) is 110 Å². The van der Waals surface area contributed by atoms with Gasteiger partial charge in [0.15, 0.2) is 6.10 Å². The third kappa shape index (κ3) is 20.0. The summed E-state index contributed by atoms with van der Waals surface area (Å²) in [4.78, 5) is 23.1. The molecule has 0 saturated heterocycles. The smallest absolute Gasteiger partial charge is 0.307 e. The highest BCUT2D eigenvalue weighted by molar-refractivity contribution is 5.71. The van der Waals surface area contributed by atoms with Crippen molar-refractivity contribution in [3.8, 4) is 0 Å². The number of nitrogens with zero attached hydrogens (tertiary/aromatic N) is 1. The van der Waals surface area contributed by atoms with Gasteiger partial charge in [0.05, 0.1) is 27.6 Å². The minimum atomic E-state index is -0.925. The fraction of sp³-hybridized carbons (Fsp3) is 0.917. The van der Waals surface area contributed by atoms with Crippen LogP contribution in [0.3, 0.4) is 0 Å². The molecule has 5 heteroatoms. The molecule has 0 aliphatic carbocycles. The predicted molar refractivity (Wildman–Crippen MR) is 120 cm³/mol. The number of esters is 1. The van der Waals surface area contributed by atoms with Gasteiger partial charge in [0, 0.05) is 6.42 Å². The Morgan fingerprint density at radius 3 is 1.90 bits per heavy atom. The predicted octanol–water partition coefficient (Wildman–Crippen LogP) is 5.81. The molecule has 0 amide bonds. The molecular weight excluding hydrogens is 366 g/mol. The zero-order valence-electron chi connectivity index (χ0n) is 19.9. The fourth-order valence-electron chi connectivity index (χ4n) is 3.74. The highest BCUT2D eigenvalue weighted by atomic mass is 16.5. The van der Waals surface area contributed by atoms with E-state index in [1.165, 1.54) is 64.2 Å². The van der Waals surface area contributed by atoms with Gasteiger partial charge in [0.2, 0.25) is 0 Å². The largest absolute Gasteiger partial charge is 0.481 e. The molecule has 0 rings (SSSR count). The van der Waals surface area contributed by atoms with Crippen molar-refractivity contribution < 1.29 is 23.9 Å². The number of hydrogen-bond acceptors (Lipinski definition) is 3. The molecule has 0 aromatic carbocycles. The quantitative estimate of drug-likeness (QED) is 0.165. The first-order chi connectivity index (χ1) is 13.6. The fourth-order valence-corrected chi connectivity index (χ4v) is 3.74. The number of carbonyl (C=O) groups excluding carboxylic acids is 1. The average molecular weight is 415 g/mol. The monoisotopic (exact) mass is 414 g/mol. The highest BCUT2D eigenvalue weighted by Gasteiger charge is 2.24. The number of carboxylic acid groups (broad SMARTS) is 1. The van der Waals surface area contributed by atoms with Crippen LogP contribution in [0.25, 0.3) is 0 Å². The first-order valence-electron chi connectivity index (χ1n) is 11.9. The van der Waals surface area contributed by atoms with E-state index in [-0.39, 0.29) is 12.4 Å². The van der Waals surface area contributed by atoms with Crippen LogP contribution in [0.1, 0.15) is 104 Å². The van der Waals surface area contributed by atoms with E-state index in [1.54, 1.807) is 0 Å². The molecule has 0 spiro atoms. The Kier molecular flexibility index (Phi) is 16.0. The summed E-state index contributed by atoms with van der Waals surface area (Å²) < 4.78 is 6.01. The molecule has 0 aromatic heterocycles. The summed E-state index contributed by atoms with van der Waals surface area (Å²) in [6.45, 7) is 5.03. The van der Waals surface area contributed by atoms with E-state index in [0.717, 1.165) is 12.8 Å². The summed E-state index contributed by atoms with van der Waals surface area (Å²) in [5.74, 6) is -0.556. The average Bonchev–Trinajstić information content (AvgIpc) is 2.58. The number of quaternary nitrogens is 1. The molecule has 1 N–H and O–H groups in total. The van der Waals surface area contributed by atoms with Crippen LogP contribution in [0.4, 0.5) is 0 Å². The summed E-state index contributed by atoms with van der Waals surface area (Å²) in [6, 6.07) is 0. The molecule has 29 heavy (non-hydrogen) atoms. The summed E-state index contributed by atoms with van der Waals surface area (Å²) >= 11 is 0. The number of unbranched alkanes of at least 4 members (excludes halogenated alkanes) is 8. The maximum atomic E-state index is 12.1. The third-order valence-corrected chi connectivity index (χ3v) is 5.33. The van der Waals surface area contributed by atoms with Crippen molar-refractivity contribution in [2.24, 2.45) is 5.92 Å². The molecule has 5 nitrogen and oxygen atoms in total. The van der Waals surface area contributed by atoms with Gasteiger partial charge >= 0.3 is 11.9 Å². The first-order valence-corrected chi connectivity index (χ1v) is 11.9. The number of likely N-dealkylation sites (N-methyl/N-ethyl adjacent to an activating group) is 1. The number of hydrogen-bond donors (Lipinski definition) is 1. The van der Waals surface area contributed by atoms with Crippen LogP contribution in [0, 0.1) is 5.92 Å². The molecule has 0 aliphatic heterocycles. The number of rotatable bonds is 19. The first kappa shape index (κ1) is 27.9. The van der Waals surface area contributed by atoms with Crippen LogP contribution >= 0.6 is 0 Å². The van der Waals surface area contributed by atoms with Gasteiger partial charge in [-0.05, 0) is 12.3 Å². The SMILES string of the molecule is CCCCCCCCCCCC(C)CCCC(=O)OC(CC(=O)O)C[N+](C)(C)C. The summed E-state index contributed by atoms with van der Waals surface area (Å²) in [6.07, 6.45) is 15.0. The van der Waals surface area contributed by atoms with Gasteiger partial charge < -0.3 is 14.3 Å². The van der Waals surface area contributed by atoms with Gasteiger partial charge in [-0.3, -0.25) is 9.59 Å². The Balaban J connectivity index is 3.81. The summed E-state index contributed by atoms with van der Waals surface area (Å²) in [7, 11) is 5.91. The molecule has 0 fully saturated rings. The van der Waals surface area contributed by atoms with Crippen LogP contribution in [0.2, 0.25) is 0 Å². The zero-order valence-corrected chi connectivity index (χ0v) is 19.9. The lowest BCUT2D eigenvalue weighted by Crippen LogP contribution is -2.43. The minimum absolute atomic E-state index is 0.129. The van der Waals surface area contributed by atoms with E-state index < -0.39 is 12.1 Å². The zero-order chi connectivity index (χ0) is 22.1. The number of ether oxygens (including phenoxy) is 1. The molecule has 0 aromatic rings. The van der Waals surface area contributed by atoms with Crippen molar-refractivity contribution in [3.63, 3.8) is 0 Å². The lowest BCUT2D eigenvalue weighted by atomic mass is 9.96. The maximum Gasteiger partial charge on any atom is 0.307 e. The molecule has 0 saturated carbocycles. The van der Waals surface area contributed by atoms with Crippen molar-refractivity contribution in [2.75, 3.05) is 27.7 Å². The van der Waals surface area contributed by atoms with E-state index in [2.05, 4.69) is 13.8 Å². The highest BCUT2D eigenvalue weighted by Crippen LogP contribution is 2.18. The molecular formula is C24H48NO4+. The Morgan fingerprint density at radius 1 is 0.862 bits per heavy atom. The van der Waals surface area contributed by atoms with Gasteiger partial charge in [-0.1, -0.05) is 84.5 Å². The van der Waals surface area contributed by atoms with Gasteiger partial charge in [0.1, 0.15) is 6.54 Å². The van der Waals surface area contributed by atoms with E-state index in [1.807, 2.05) is 21.1 Å². The van der Waals surface area contributed by atoms with Gasteiger partial charge in [-0.2, -0.15) is 0 Å². The Labute approximate surface area is 179 Å². The molecule has 0 heterocycles. The summed E-state index contributed by atoms with van der Waals surface area (Å²) in [5, 5.41) is 9.03. The number of carboxylic acids is 1. The van der Waals surface area contributed by atoms with Gasteiger partial charge in [-0.25, -0.2) is 0 Å². The number of carbonyl (C=O) groups is 2. The van der Waals surface area contributed by atoms with Gasteiger partial charge in [0.25, 0.3) is 0 Å². The molecule has 0 aliphatic rings. The van der Waals surface area contributed by atoms with Crippen LogP contribution < -0.4 is 0 Å². The van der Waals surface area contributed by atoms with Crippen LogP contribution in [0.5, 0.6) is 0 Å². The Hall–Kier alpha value is -1.10. The van der Waals surface area contributed by atoms with Crippen molar-refractivity contribution in [1.82, 2.24) is 0 Å². The van der Waals surface area contributed by atoms with Crippen LogP contribution in [0.15, 0.2) is 0 Å². The van der Waals surface area contributed by atoms with E-state index in [4.69, 9.17) is 9.84 Å². The molecule has 2 unspecified atom stereocenters. The van der Waals surface area contributed by atoms with E-state index in [9.17, 15) is 9.59 Å². The second-order valence-electron chi connectivity index (χ2n) is 9.80. The lowest BCUT2D eigenvalue weighted by Gasteiger charge is -2.28. The van der Waals surface area contributed by atoms with Crippen LogP contribution in [-0.4, -0.2) is 55.3 Å².